The summed E-state index contributed by atoms with van der Waals surface area (Å²) < 4.78 is 10.7. The van der Waals surface area contributed by atoms with Gasteiger partial charge >= 0.3 is 0 Å². The second kappa shape index (κ2) is 6.46. The molecule has 6 nitrogen and oxygen atoms in total. The first-order chi connectivity index (χ1) is 10.2. The van der Waals surface area contributed by atoms with Crippen molar-refractivity contribution in [3.8, 4) is 11.5 Å². The molecule has 1 aromatic rings. The quantitative estimate of drug-likeness (QED) is 0.631. The highest BCUT2D eigenvalue weighted by atomic mass is 32.1. The van der Waals surface area contributed by atoms with Gasteiger partial charge in [-0.05, 0) is 29.9 Å². The number of piperazine rings is 1. The minimum Gasteiger partial charge on any atom is -0.454 e. The lowest BCUT2D eigenvalue weighted by atomic mass is 10.2. The van der Waals surface area contributed by atoms with Crippen molar-refractivity contribution < 1.29 is 14.4 Å². The molecule has 0 saturated carbocycles. The van der Waals surface area contributed by atoms with E-state index >= 15 is 0 Å². The van der Waals surface area contributed by atoms with Crippen LogP contribution in [0.4, 0.5) is 0 Å². The highest BCUT2D eigenvalue weighted by molar-refractivity contribution is 7.80. The molecule has 114 valence electrons. The Hall–Kier alpha value is -1.57. The van der Waals surface area contributed by atoms with Crippen molar-refractivity contribution in [1.29, 1.82) is 0 Å². The monoisotopic (exact) mass is 309 g/mol. The number of rotatable bonds is 3. The molecule has 3 N–H and O–H groups in total. The summed E-state index contributed by atoms with van der Waals surface area (Å²) in [5.74, 6) is 1.61. The Bertz CT molecular complexity index is 518. The van der Waals surface area contributed by atoms with E-state index in [1.54, 1.807) is 4.90 Å². The summed E-state index contributed by atoms with van der Waals surface area (Å²) in [5, 5.41) is 6.05. The fraction of sp³-hybridized carbons (Fsp3) is 0.500. The smallest absolute Gasteiger partial charge is 0.231 e. The van der Waals surface area contributed by atoms with Crippen LogP contribution in [0.25, 0.3) is 0 Å². The van der Waals surface area contributed by atoms with Crippen molar-refractivity contribution in [2.75, 3.05) is 40.0 Å². The zero-order chi connectivity index (χ0) is 14.7. The number of benzene rings is 1. The van der Waals surface area contributed by atoms with Crippen LogP contribution in [0.3, 0.4) is 0 Å². The number of likely N-dealkylation sites (N-methyl/N-ethyl adjacent to an activating group) is 1. The fourth-order valence-corrected chi connectivity index (χ4v) is 2.62. The van der Waals surface area contributed by atoms with Gasteiger partial charge in [-0.2, -0.15) is 0 Å². The number of hydrogen-bond donors (Lipinski definition) is 3. The molecular formula is C14H21N4O2S+. The summed E-state index contributed by atoms with van der Waals surface area (Å²) in [4.78, 5) is 1.56. The first kappa shape index (κ1) is 14.4. The molecule has 1 saturated heterocycles. The summed E-state index contributed by atoms with van der Waals surface area (Å²) in [5.41, 5.74) is 4.36. The maximum atomic E-state index is 5.37. The third-order valence-electron chi connectivity index (χ3n) is 3.77. The number of ether oxygens (including phenoxy) is 2. The Labute approximate surface area is 130 Å². The number of fused-ring (bicyclic) bond motifs is 1. The van der Waals surface area contributed by atoms with Crippen LogP contribution in [0.2, 0.25) is 0 Å². The van der Waals surface area contributed by atoms with Crippen molar-refractivity contribution in [1.82, 2.24) is 15.8 Å². The van der Waals surface area contributed by atoms with Gasteiger partial charge in [-0.1, -0.05) is 6.07 Å². The van der Waals surface area contributed by atoms with E-state index in [2.05, 4.69) is 22.8 Å². The Morgan fingerprint density at radius 3 is 2.86 bits per heavy atom. The van der Waals surface area contributed by atoms with Crippen LogP contribution in [-0.2, 0) is 6.54 Å². The minimum absolute atomic E-state index is 0.303. The van der Waals surface area contributed by atoms with Gasteiger partial charge < -0.3 is 19.7 Å². The Morgan fingerprint density at radius 2 is 2.05 bits per heavy atom. The number of hydrazine groups is 1. The molecule has 3 rings (SSSR count). The van der Waals surface area contributed by atoms with E-state index in [9.17, 15) is 0 Å². The van der Waals surface area contributed by atoms with Gasteiger partial charge in [-0.15, -0.1) is 0 Å². The van der Waals surface area contributed by atoms with E-state index < -0.39 is 0 Å². The third kappa shape index (κ3) is 3.75. The minimum atomic E-state index is 0.303. The zero-order valence-electron chi connectivity index (χ0n) is 12.1. The number of hydrogen-bond acceptors (Lipinski definition) is 4. The SMILES string of the molecule is C[NH+]1CCN(NC(=S)NCc2ccc3c(c2)OCO3)CC1. The van der Waals surface area contributed by atoms with Gasteiger partial charge in [0, 0.05) is 6.54 Å². The molecule has 0 amide bonds. The van der Waals surface area contributed by atoms with Gasteiger partial charge in [0.05, 0.1) is 33.2 Å². The number of thiocarbonyl (C=S) groups is 1. The van der Waals surface area contributed by atoms with Crippen molar-refractivity contribution in [2.24, 2.45) is 0 Å². The average Bonchev–Trinajstić information content (AvgIpc) is 2.95. The Morgan fingerprint density at radius 1 is 1.29 bits per heavy atom. The highest BCUT2D eigenvalue weighted by Gasteiger charge is 2.17. The van der Waals surface area contributed by atoms with Crippen molar-refractivity contribution in [2.45, 2.75) is 6.54 Å². The lowest BCUT2D eigenvalue weighted by Gasteiger charge is -2.31. The predicted molar refractivity (Wildman–Crippen MR) is 83.3 cm³/mol. The first-order valence-electron chi connectivity index (χ1n) is 7.20. The molecule has 21 heavy (non-hydrogen) atoms. The van der Waals surface area contributed by atoms with Crippen LogP contribution in [0, 0.1) is 0 Å². The molecule has 7 heteroatoms. The van der Waals surface area contributed by atoms with Crippen LogP contribution >= 0.6 is 12.2 Å². The number of nitrogens with one attached hydrogen (secondary N) is 3. The van der Waals surface area contributed by atoms with Crippen LogP contribution in [0.1, 0.15) is 5.56 Å². The molecule has 0 radical (unpaired) electrons. The summed E-state index contributed by atoms with van der Waals surface area (Å²) in [7, 11) is 2.22. The zero-order valence-corrected chi connectivity index (χ0v) is 13.0. The van der Waals surface area contributed by atoms with Gasteiger partial charge in [0.15, 0.2) is 16.6 Å². The van der Waals surface area contributed by atoms with Crippen molar-refractivity contribution >= 4 is 17.3 Å². The summed E-state index contributed by atoms with van der Waals surface area (Å²) >= 11 is 5.34. The molecule has 0 bridgehead atoms. The Kier molecular flexibility index (Phi) is 4.42. The third-order valence-corrected chi connectivity index (χ3v) is 4.00. The topological polar surface area (TPSA) is 50.2 Å². The molecule has 2 heterocycles. The van der Waals surface area contributed by atoms with E-state index in [0.717, 1.165) is 43.2 Å². The van der Waals surface area contributed by atoms with Gasteiger partial charge in [0.2, 0.25) is 6.79 Å². The molecule has 0 aromatic heterocycles. The summed E-state index contributed by atoms with van der Waals surface area (Å²) in [6.07, 6.45) is 0. The lowest BCUT2D eigenvalue weighted by molar-refractivity contribution is -0.884. The summed E-state index contributed by atoms with van der Waals surface area (Å²) in [6.45, 7) is 5.27. The predicted octanol–water partition coefficient (Wildman–Crippen LogP) is -0.875. The normalized spacial score (nSPS) is 18.5. The van der Waals surface area contributed by atoms with Gasteiger partial charge in [0.25, 0.3) is 0 Å². The lowest BCUT2D eigenvalue weighted by Crippen LogP contribution is -3.12. The molecular weight excluding hydrogens is 288 g/mol. The van der Waals surface area contributed by atoms with E-state index in [1.165, 1.54) is 0 Å². The molecule has 0 atom stereocenters. The highest BCUT2D eigenvalue weighted by Crippen LogP contribution is 2.32. The second-order valence-corrected chi connectivity index (χ2v) is 5.83. The summed E-state index contributed by atoms with van der Waals surface area (Å²) in [6, 6.07) is 5.93. The van der Waals surface area contributed by atoms with Crippen molar-refractivity contribution in [3.63, 3.8) is 0 Å². The molecule has 0 unspecified atom stereocenters. The van der Waals surface area contributed by atoms with E-state index in [4.69, 9.17) is 21.7 Å². The molecule has 1 fully saturated rings. The van der Waals surface area contributed by atoms with Crippen LogP contribution < -0.4 is 25.1 Å². The number of nitrogens with zero attached hydrogens (tertiary/aromatic N) is 1. The van der Waals surface area contributed by atoms with E-state index in [0.29, 0.717) is 18.5 Å². The molecule has 0 aliphatic carbocycles. The fourth-order valence-electron chi connectivity index (χ4n) is 2.42. The first-order valence-corrected chi connectivity index (χ1v) is 7.61. The van der Waals surface area contributed by atoms with Gasteiger partial charge in [-0.25, -0.2) is 5.01 Å². The standard InChI is InChI=1S/C14H20N4O2S/c1-17-4-6-18(7-5-17)16-14(21)15-9-11-2-3-12-13(8-11)20-10-19-12/h2-3,8H,4-7,9-10H2,1H3,(H2,15,16,21)/p+1. The average molecular weight is 309 g/mol. The maximum Gasteiger partial charge on any atom is 0.231 e. The number of quaternary nitrogens is 1. The molecule has 0 spiro atoms. The molecule has 2 aliphatic heterocycles. The van der Waals surface area contributed by atoms with Crippen LogP contribution in [0.5, 0.6) is 11.5 Å². The molecule has 2 aliphatic rings. The largest absolute Gasteiger partial charge is 0.454 e. The van der Waals surface area contributed by atoms with Gasteiger partial charge in [0.1, 0.15) is 0 Å². The van der Waals surface area contributed by atoms with Crippen LogP contribution in [0.15, 0.2) is 18.2 Å². The van der Waals surface area contributed by atoms with Crippen molar-refractivity contribution in [3.05, 3.63) is 23.8 Å². The Balaban J connectivity index is 1.45. The van der Waals surface area contributed by atoms with Gasteiger partial charge in [-0.3, -0.25) is 5.43 Å². The van der Waals surface area contributed by atoms with E-state index in [1.807, 2.05) is 18.2 Å². The van der Waals surface area contributed by atoms with Crippen LogP contribution in [-0.4, -0.2) is 50.1 Å². The maximum absolute atomic E-state index is 5.37. The van der Waals surface area contributed by atoms with E-state index in [-0.39, 0.29) is 0 Å². The molecule has 1 aromatic carbocycles. The second-order valence-electron chi connectivity index (χ2n) is 5.43.